The first kappa shape index (κ1) is 18.6. The second-order valence-electron chi connectivity index (χ2n) is 4.16. The third-order valence-electron chi connectivity index (χ3n) is 2.32. The Hall–Kier alpha value is -0.406. The zero-order chi connectivity index (χ0) is 12.3. The molecule has 1 aromatic rings. The zero-order valence-corrected chi connectivity index (χ0v) is 14.1. The number of hydrogen-bond acceptors (Lipinski definition) is 2. The van der Waals surface area contributed by atoms with Gasteiger partial charge in [-0.3, -0.25) is 0 Å². The van der Waals surface area contributed by atoms with Crippen LogP contribution in [0.4, 0.5) is 0 Å². The molecule has 0 N–H and O–H groups in total. The molecule has 0 fully saturated rings. The average Bonchev–Trinajstić information content (AvgIpc) is 2.67. The van der Waals surface area contributed by atoms with Gasteiger partial charge in [0.25, 0.3) is 0 Å². The molecule has 0 aromatic heterocycles. The van der Waals surface area contributed by atoms with Gasteiger partial charge in [-0.25, -0.2) is 0 Å². The maximum Gasteiger partial charge on any atom is -0.147 e. The van der Waals surface area contributed by atoms with E-state index in [2.05, 4.69) is 26.5 Å². The maximum absolute atomic E-state index is 5.89. The molecule has 0 bridgehead atoms. The van der Waals surface area contributed by atoms with Crippen LogP contribution in [0.15, 0.2) is 46.1 Å². The van der Waals surface area contributed by atoms with Gasteiger partial charge in [-0.15, -0.1) is 24.8 Å². The Morgan fingerprint density at radius 3 is 2.26 bits per heavy atom. The van der Waals surface area contributed by atoms with Gasteiger partial charge in [0.05, 0.1) is 0 Å². The van der Waals surface area contributed by atoms with E-state index in [4.69, 9.17) is 9.47 Å². The summed E-state index contributed by atoms with van der Waals surface area (Å²) in [7, 11) is 0. The molecule has 5 heteroatoms. The van der Waals surface area contributed by atoms with Gasteiger partial charge in [0.15, 0.2) is 0 Å². The van der Waals surface area contributed by atoms with Gasteiger partial charge in [0, 0.05) is 0 Å². The Balaban J connectivity index is 0.00000162. The van der Waals surface area contributed by atoms with E-state index in [-0.39, 0.29) is 30.9 Å². The van der Waals surface area contributed by atoms with E-state index in [1.165, 1.54) is 3.88 Å². The van der Waals surface area contributed by atoms with Gasteiger partial charge in [-0.1, -0.05) is 0 Å². The van der Waals surface area contributed by atoms with Crippen molar-refractivity contribution in [3.63, 3.8) is 0 Å². The third-order valence-corrected chi connectivity index (χ3v) is 3.02. The van der Waals surface area contributed by atoms with Crippen molar-refractivity contribution in [3.05, 3.63) is 46.1 Å². The average molecular weight is 336 g/mol. The van der Waals surface area contributed by atoms with Crippen LogP contribution in [-0.2, 0) is 20.4 Å². The molecule has 2 nitrogen and oxygen atoms in total. The number of allylic oxidation sites excluding steroid dienone is 3. The van der Waals surface area contributed by atoms with Crippen LogP contribution in [0.2, 0.25) is 0 Å². The van der Waals surface area contributed by atoms with E-state index < -0.39 is 0 Å². The van der Waals surface area contributed by atoms with Gasteiger partial charge < -0.3 is 0 Å². The molecule has 0 radical (unpaired) electrons. The van der Waals surface area contributed by atoms with Crippen molar-refractivity contribution in [1.29, 1.82) is 0 Å². The van der Waals surface area contributed by atoms with E-state index in [0.29, 0.717) is 0 Å². The molecule has 0 atom stereocenters. The summed E-state index contributed by atoms with van der Waals surface area (Å²) in [5.41, 5.74) is 0. The molecule has 0 amide bonds. The number of benzene rings is 1. The molecule has 1 aliphatic carbocycles. The summed E-state index contributed by atoms with van der Waals surface area (Å²) < 4.78 is 12.9. The van der Waals surface area contributed by atoms with Crippen LogP contribution in [0.25, 0.3) is 0 Å². The van der Waals surface area contributed by atoms with Crippen molar-refractivity contribution < 1.29 is 29.9 Å². The minimum Gasteiger partial charge on any atom is -0.147 e. The van der Waals surface area contributed by atoms with Crippen molar-refractivity contribution in [2.45, 2.75) is 26.4 Å². The van der Waals surface area contributed by atoms with E-state index in [1.54, 1.807) is 0 Å². The summed E-state index contributed by atoms with van der Waals surface area (Å²) in [6.45, 7) is 4.02. The molecule has 0 saturated heterocycles. The van der Waals surface area contributed by atoms with Gasteiger partial charge in [0.2, 0.25) is 0 Å². The first-order valence-corrected chi connectivity index (χ1v) is 6.49. The number of hydrogen-bond donors (Lipinski definition) is 0. The smallest absolute Gasteiger partial charge is 0.147 e. The summed E-state index contributed by atoms with van der Waals surface area (Å²) in [6.07, 6.45) is 5.24. The Bertz CT molecular complexity index is 470. The van der Waals surface area contributed by atoms with Gasteiger partial charge in [-0.05, 0) is 0 Å². The van der Waals surface area contributed by atoms with Crippen LogP contribution in [0.5, 0.6) is 11.5 Å². The molecule has 103 valence electrons. The first-order valence-electron chi connectivity index (χ1n) is 5.71. The normalized spacial score (nSPS) is 12.9. The predicted molar refractivity (Wildman–Crippen MR) is 78.1 cm³/mol. The molecule has 0 saturated carbocycles. The second-order valence-corrected chi connectivity index (χ2v) is 5.11. The van der Waals surface area contributed by atoms with Crippen LogP contribution in [0, 0.1) is 0 Å². The second kappa shape index (κ2) is 8.70. The predicted octanol–water partition coefficient (Wildman–Crippen LogP) is 4.41. The molecular weight excluding hydrogens is 319 g/mol. The maximum atomic E-state index is 5.89. The fraction of sp³-hybridized carbons (Fsp3) is 0.286. The Morgan fingerprint density at radius 2 is 1.74 bits per heavy atom. The van der Waals surface area contributed by atoms with Gasteiger partial charge in [0.1, 0.15) is 0 Å². The number of halogens is 2. The monoisotopic (exact) mass is 335 g/mol. The minimum absolute atomic E-state index is 0. The SMILES string of the molecule is CC(C)Oc1ccccc1OC1=[C]([Ti])CC=C1.Cl.Cl. The molecule has 0 heterocycles. The van der Waals surface area contributed by atoms with Crippen LogP contribution in [-0.4, -0.2) is 6.10 Å². The van der Waals surface area contributed by atoms with E-state index in [0.717, 1.165) is 23.7 Å². The first-order chi connectivity index (χ1) is 8.16. The van der Waals surface area contributed by atoms with E-state index in [1.807, 2.05) is 44.2 Å². The Morgan fingerprint density at radius 1 is 1.11 bits per heavy atom. The molecule has 0 aliphatic heterocycles. The van der Waals surface area contributed by atoms with Crippen LogP contribution >= 0.6 is 24.8 Å². The van der Waals surface area contributed by atoms with Gasteiger partial charge >= 0.3 is 114 Å². The summed E-state index contributed by atoms with van der Waals surface area (Å²) >= 11 is 2.08. The fourth-order valence-corrected chi connectivity index (χ4v) is 1.98. The van der Waals surface area contributed by atoms with Crippen molar-refractivity contribution in [1.82, 2.24) is 0 Å². The summed E-state index contributed by atoms with van der Waals surface area (Å²) in [4.78, 5) is 0. The third kappa shape index (κ3) is 5.23. The van der Waals surface area contributed by atoms with Crippen molar-refractivity contribution in [2.75, 3.05) is 0 Å². The standard InChI is InChI=1S/C14H15O2.2ClH.Ti/c1-11(2)15-13-9-5-6-10-14(13)16-12-7-3-4-8-12;;;/h3,5-7,9-11H,4H2,1-2H3;2*1H;. The Kier molecular flexibility index (Phi) is 8.52. The topological polar surface area (TPSA) is 18.5 Å². The quantitative estimate of drug-likeness (QED) is 0.758. The molecule has 1 aliphatic rings. The van der Waals surface area contributed by atoms with Crippen molar-refractivity contribution >= 4 is 24.8 Å². The summed E-state index contributed by atoms with van der Waals surface area (Å²) in [6, 6.07) is 7.78. The molecule has 1 aromatic carbocycles. The van der Waals surface area contributed by atoms with Gasteiger partial charge in [-0.2, -0.15) is 0 Å². The Labute approximate surface area is 138 Å². The fourth-order valence-electron chi connectivity index (χ4n) is 1.58. The largest absolute Gasteiger partial charge is 0.147 e. The molecule has 0 unspecified atom stereocenters. The van der Waals surface area contributed by atoms with Crippen molar-refractivity contribution in [3.8, 4) is 11.5 Å². The van der Waals surface area contributed by atoms with Crippen LogP contribution in [0.3, 0.4) is 0 Å². The number of ether oxygens (including phenoxy) is 2. The minimum atomic E-state index is 0. The molecule has 2 rings (SSSR count). The van der Waals surface area contributed by atoms with Crippen molar-refractivity contribution in [2.24, 2.45) is 0 Å². The summed E-state index contributed by atoms with van der Waals surface area (Å²) in [5, 5.41) is 0. The molecular formula is C14H17Cl2O2Ti. The van der Waals surface area contributed by atoms with Crippen LogP contribution in [0.1, 0.15) is 20.3 Å². The van der Waals surface area contributed by atoms with E-state index >= 15 is 0 Å². The van der Waals surface area contributed by atoms with E-state index in [9.17, 15) is 0 Å². The molecule has 0 spiro atoms. The number of para-hydroxylation sites is 2. The zero-order valence-electron chi connectivity index (χ0n) is 10.9. The van der Waals surface area contributed by atoms with Crippen LogP contribution < -0.4 is 9.47 Å². The summed E-state index contributed by atoms with van der Waals surface area (Å²) in [5.74, 6) is 2.51. The molecule has 19 heavy (non-hydrogen) atoms. The number of rotatable bonds is 4.